The van der Waals surface area contributed by atoms with Crippen LogP contribution in [0, 0.1) is 0 Å². The lowest BCUT2D eigenvalue weighted by molar-refractivity contribution is -0.208. The van der Waals surface area contributed by atoms with Gasteiger partial charge in [0.2, 0.25) is 0 Å². The van der Waals surface area contributed by atoms with Crippen LogP contribution in [-0.4, -0.2) is 39.5 Å². The maximum absolute atomic E-state index is 9.92. The molecule has 3 nitrogen and oxygen atoms in total. The highest BCUT2D eigenvalue weighted by Gasteiger charge is 2.52. The average Bonchev–Trinajstić information content (AvgIpc) is 2.06. The van der Waals surface area contributed by atoms with E-state index < -0.39 is 0 Å². The second-order valence-corrected chi connectivity index (χ2v) is 4.75. The van der Waals surface area contributed by atoms with E-state index in [0.29, 0.717) is 6.04 Å². The van der Waals surface area contributed by atoms with Gasteiger partial charge in [0, 0.05) is 6.04 Å². The Bertz CT molecular complexity index is 169. The third-order valence-corrected chi connectivity index (χ3v) is 3.53. The Hall–Kier alpha value is -0.120. The minimum atomic E-state index is -0.261. The van der Waals surface area contributed by atoms with Gasteiger partial charge in [-0.15, -0.1) is 0 Å². The lowest BCUT2D eigenvalue weighted by Gasteiger charge is -2.35. The summed E-state index contributed by atoms with van der Waals surface area (Å²) in [5.41, 5.74) is -0.429. The zero-order chi connectivity index (χ0) is 9.73. The summed E-state index contributed by atoms with van der Waals surface area (Å²) >= 11 is 0. The van der Waals surface area contributed by atoms with Gasteiger partial charge in [-0.3, -0.25) is 4.90 Å². The summed E-state index contributed by atoms with van der Waals surface area (Å²) in [5, 5.41) is 11.4. The van der Waals surface area contributed by atoms with Crippen molar-refractivity contribution in [2.24, 2.45) is 0 Å². The molecule has 1 atom stereocenters. The molecule has 0 aliphatic carbocycles. The van der Waals surface area contributed by atoms with Crippen molar-refractivity contribution in [2.75, 3.05) is 7.05 Å². The van der Waals surface area contributed by atoms with Gasteiger partial charge in [-0.2, -0.15) is 5.06 Å². The van der Waals surface area contributed by atoms with Gasteiger partial charge < -0.3 is 5.21 Å². The van der Waals surface area contributed by atoms with Crippen LogP contribution in [0.2, 0.25) is 0 Å². The Balaban J connectivity index is 3.03. The minimum Gasteiger partial charge on any atom is -0.312 e. The fraction of sp³-hybridized carbons (Fsp3) is 1.00. The van der Waals surface area contributed by atoms with Gasteiger partial charge in [-0.25, -0.2) is 0 Å². The highest BCUT2D eigenvalue weighted by atomic mass is 16.5. The van der Waals surface area contributed by atoms with E-state index in [-0.39, 0.29) is 11.2 Å². The molecule has 1 rings (SSSR count). The van der Waals surface area contributed by atoms with Gasteiger partial charge in [-0.1, -0.05) is 0 Å². The Labute approximate surface area is 74.9 Å². The number of hydrogen-bond donors (Lipinski definition) is 1. The van der Waals surface area contributed by atoms with Gasteiger partial charge in [0.1, 0.15) is 0 Å². The molecule has 0 spiro atoms. The summed E-state index contributed by atoms with van der Waals surface area (Å²) < 4.78 is 0. The molecule has 0 aromatic carbocycles. The number of nitrogens with zero attached hydrogens (tertiary/aromatic N) is 2. The van der Waals surface area contributed by atoms with Crippen molar-refractivity contribution in [3.8, 4) is 0 Å². The fourth-order valence-corrected chi connectivity index (χ4v) is 1.98. The SMILES string of the molecule is C[C@@H]1N(C)C(C)(C)N(O)C1(C)C. The monoisotopic (exact) mass is 172 g/mol. The van der Waals surface area contributed by atoms with Crippen LogP contribution in [0.5, 0.6) is 0 Å². The predicted octanol–water partition coefficient (Wildman–Crippen LogP) is 1.53. The molecule has 1 aliphatic rings. The number of likely N-dealkylation sites (N-methyl/N-ethyl adjacent to an activating group) is 1. The zero-order valence-corrected chi connectivity index (χ0v) is 8.92. The Morgan fingerprint density at radius 2 is 1.58 bits per heavy atom. The van der Waals surface area contributed by atoms with E-state index >= 15 is 0 Å². The van der Waals surface area contributed by atoms with Gasteiger partial charge in [0.25, 0.3) is 0 Å². The number of rotatable bonds is 0. The van der Waals surface area contributed by atoms with E-state index in [2.05, 4.69) is 25.7 Å². The van der Waals surface area contributed by atoms with Crippen molar-refractivity contribution >= 4 is 0 Å². The van der Waals surface area contributed by atoms with Gasteiger partial charge in [0.15, 0.2) is 0 Å². The van der Waals surface area contributed by atoms with Crippen LogP contribution in [-0.2, 0) is 0 Å². The second-order valence-electron chi connectivity index (χ2n) is 4.75. The third kappa shape index (κ3) is 1.00. The maximum atomic E-state index is 9.92. The van der Waals surface area contributed by atoms with Crippen molar-refractivity contribution in [2.45, 2.75) is 51.9 Å². The van der Waals surface area contributed by atoms with Gasteiger partial charge in [0.05, 0.1) is 11.2 Å². The zero-order valence-electron chi connectivity index (χ0n) is 8.92. The predicted molar refractivity (Wildman–Crippen MR) is 49.0 cm³/mol. The minimum absolute atomic E-state index is 0.168. The smallest absolute Gasteiger partial charge is 0.0925 e. The van der Waals surface area contributed by atoms with Crippen molar-refractivity contribution < 1.29 is 5.21 Å². The van der Waals surface area contributed by atoms with Crippen LogP contribution in [0.15, 0.2) is 0 Å². The molecular formula is C9H20N2O. The van der Waals surface area contributed by atoms with Crippen molar-refractivity contribution in [3.05, 3.63) is 0 Å². The second kappa shape index (κ2) is 2.44. The molecule has 72 valence electrons. The van der Waals surface area contributed by atoms with Crippen LogP contribution in [0.1, 0.15) is 34.6 Å². The molecule has 1 fully saturated rings. The summed E-state index contributed by atoms with van der Waals surface area (Å²) in [4.78, 5) is 2.19. The molecule has 0 aromatic rings. The molecule has 1 N–H and O–H groups in total. The van der Waals surface area contributed by atoms with E-state index in [9.17, 15) is 5.21 Å². The largest absolute Gasteiger partial charge is 0.312 e. The molecule has 12 heavy (non-hydrogen) atoms. The van der Waals surface area contributed by atoms with Crippen molar-refractivity contribution in [1.29, 1.82) is 0 Å². The molecular weight excluding hydrogens is 152 g/mol. The first kappa shape index (κ1) is 9.96. The summed E-state index contributed by atoms with van der Waals surface area (Å²) in [7, 11) is 2.04. The highest BCUT2D eigenvalue weighted by Crippen LogP contribution is 2.38. The van der Waals surface area contributed by atoms with Gasteiger partial charge in [-0.05, 0) is 41.7 Å². The maximum Gasteiger partial charge on any atom is 0.0925 e. The number of hydroxylamine groups is 2. The molecule has 1 saturated heterocycles. The summed E-state index contributed by atoms with van der Waals surface area (Å²) in [6, 6.07) is 0.359. The standard InChI is InChI=1S/C9H20N2O/c1-7-8(2,3)11(12)9(4,5)10(7)6/h7,12H,1-6H3/t7-/m0/s1. The normalized spacial score (nSPS) is 35.8. The molecule has 0 aromatic heterocycles. The van der Waals surface area contributed by atoms with Crippen LogP contribution in [0.4, 0.5) is 0 Å². The first-order chi connectivity index (χ1) is 5.22. The third-order valence-electron chi connectivity index (χ3n) is 3.53. The van der Waals surface area contributed by atoms with E-state index in [1.54, 1.807) is 0 Å². The highest BCUT2D eigenvalue weighted by molar-refractivity contribution is 5.02. The molecule has 0 unspecified atom stereocenters. The van der Waals surface area contributed by atoms with Crippen molar-refractivity contribution in [3.63, 3.8) is 0 Å². The van der Waals surface area contributed by atoms with Crippen LogP contribution >= 0.6 is 0 Å². The van der Waals surface area contributed by atoms with Crippen LogP contribution in [0.3, 0.4) is 0 Å². The lowest BCUT2D eigenvalue weighted by Crippen LogP contribution is -2.49. The van der Waals surface area contributed by atoms with Crippen LogP contribution < -0.4 is 0 Å². The Morgan fingerprint density at radius 3 is 1.67 bits per heavy atom. The molecule has 0 bridgehead atoms. The molecule has 0 saturated carbocycles. The van der Waals surface area contributed by atoms with E-state index in [1.807, 2.05) is 20.9 Å². The first-order valence-electron chi connectivity index (χ1n) is 4.44. The molecule has 1 aliphatic heterocycles. The van der Waals surface area contributed by atoms with Crippen LogP contribution in [0.25, 0.3) is 0 Å². The quantitative estimate of drug-likeness (QED) is 0.600. The van der Waals surface area contributed by atoms with Crippen molar-refractivity contribution in [1.82, 2.24) is 9.96 Å². The average molecular weight is 172 g/mol. The topological polar surface area (TPSA) is 26.7 Å². The summed E-state index contributed by atoms with van der Waals surface area (Å²) in [5.74, 6) is 0. The molecule has 0 radical (unpaired) electrons. The summed E-state index contributed by atoms with van der Waals surface area (Å²) in [6.45, 7) is 10.3. The van der Waals surface area contributed by atoms with Gasteiger partial charge >= 0.3 is 0 Å². The first-order valence-corrected chi connectivity index (χ1v) is 4.44. The molecule has 3 heteroatoms. The Kier molecular flexibility index (Phi) is 2.02. The van der Waals surface area contributed by atoms with E-state index in [4.69, 9.17) is 0 Å². The number of hydrogen-bond acceptors (Lipinski definition) is 3. The molecule has 1 heterocycles. The lowest BCUT2D eigenvalue weighted by atomic mass is 9.98. The summed E-state index contributed by atoms with van der Waals surface area (Å²) in [6.07, 6.45) is 0. The van der Waals surface area contributed by atoms with E-state index in [0.717, 1.165) is 0 Å². The fourth-order valence-electron chi connectivity index (χ4n) is 1.98. The Morgan fingerprint density at radius 1 is 1.17 bits per heavy atom. The van der Waals surface area contributed by atoms with E-state index in [1.165, 1.54) is 5.06 Å². The molecule has 0 amide bonds.